The first-order valence-corrected chi connectivity index (χ1v) is 9.72. The Morgan fingerprint density at radius 2 is 1.84 bits per heavy atom. The Kier molecular flexibility index (Phi) is 7.47. The second-order valence-electron chi connectivity index (χ2n) is 7.52. The minimum Gasteiger partial charge on any atom is -0.480 e. The van der Waals surface area contributed by atoms with Gasteiger partial charge in [0.25, 0.3) is 17.7 Å². The van der Waals surface area contributed by atoms with Gasteiger partial charge in [0.1, 0.15) is 12.1 Å². The molecule has 1 aromatic carbocycles. The lowest BCUT2D eigenvalue weighted by Crippen LogP contribution is -2.56. The molecule has 11 nitrogen and oxygen atoms in total. The summed E-state index contributed by atoms with van der Waals surface area (Å²) in [6.45, 7) is 3.02. The number of carboxylic acid groups (broad SMARTS) is 1. The van der Waals surface area contributed by atoms with Crippen LogP contribution in [0.5, 0.6) is 0 Å². The Balaban J connectivity index is 0.000000366. The molecule has 2 heterocycles. The molecule has 0 radical (unpaired) electrons. The quantitative estimate of drug-likeness (QED) is 0.348. The van der Waals surface area contributed by atoms with E-state index < -0.39 is 41.7 Å². The number of likely N-dealkylation sites (tertiary alicyclic amines) is 1. The van der Waals surface area contributed by atoms with Crippen LogP contribution < -0.4 is 11.5 Å². The van der Waals surface area contributed by atoms with Crippen molar-refractivity contribution in [1.29, 1.82) is 0 Å². The van der Waals surface area contributed by atoms with E-state index in [2.05, 4.69) is 0 Å². The highest BCUT2D eigenvalue weighted by Gasteiger charge is 2.47. The number of imide groups is 2. The molecule has 168 valence electrons. The zero-order valence-electron chi connectivity index (χ0n) is 17.3. The number of hydrogen-bond donors (Lipinski definition) is 4. The number of aliphatic hydroxyl groups excluding tert-OH is 1. The summed E-state index contributed by atoms with van der Waals surface area (Å²) < 4.78 is 0. The molecule has 11 heteroatoms. The third-order valence-electron chi connectivity index (χ3n) is 5.10. The number of nitrogens with two attached hydrogens (primary N) is 2. The van der Waals surface area contributed by atoms with E-state index in [4.69, 9.17) is 21.7 Å². The molecule has 2 aliphatic rings. The molecule has 0 bridgehead atoms. The molecule has 6 N–H and O–H groups in total. The molecule has 0 saturated carbocycles. The van der Waals surface area contributed by atoms with Crippen molar-refractivity contribution in [3.8, 4) is 0 Å². The van der Waals surface area contributed by atoms with Crippen molar-refractivity contribution in [2.45, 2.75) is 38.8 Å². The summed E-state index contributed by atoms with van der Waals surface area (Å²) >= 11 is 0. The van der Waals surface area contributed by atoms with Gasteiger partial charge < -0.3 is 21.7 Å². The zero-order chi connectivity index (χ0) is 23.5. The number of carbonyl (C=O) groups is 5. The monoisotopic (exact) mass is 434 g/mol. The van der Waals surface area contributed by atoms with Gasteiger partial charge in [-0.05, 0) is 24.5 Å². The maximum absolute atomic E-state index is 12.5. The molecular formula is C20H26N4O7. The fraction of sp³-hybridized carbons (Fsp3) is 0.450. The van der Waals surface area contributed by atoms with Crippen LogP contribution in [0.4, 0.5) is 5.69 Å². The maximum Gasteiger partial charge on any atom is 0.320 e. The molecule has 31 heavy (non-hydrogen) atoms. The molecule has 2 aliphatic heterocycles. The van der Waals surface area contributed by atoms with Gasteiger partial charge in [0, 0.05) is 12.1 Å². The molecule has 1 saturated heterocycles. The number of β-amino-alcohol motifs (C(OH)–C–C–N with tert-alkyl or cyclic N) is 1. The first kappa shape index (κ1) is 24.0. The largest absolute Gasteiger partial charge is 0.480 e. The van der Waals surface area contributed by atoms with Crippen LogP contribution in [0, 0.1) is 5.92 Å². The molecule has 0 spiro atoms. The average molecular weight is 434 g/mol. The lowest BCUT2D eigenvalue weighted by Gasteiger charge is -2.34. The van der Waals surface area contributed by atoms with Crippen LogP contribution in [0.1, 0.15) is 47.4 Å². The Hall–Kier alpha value is -3.31. The average Bonchev–Trinajstić information content (AvgIpc) is 2.97. The summed E-state index contributed by atoms with van der Waals surface area (Å²) in [7, 11) is 0. The normalized spacial score (nSPS) is 19.3. The van der Waals surface area contributed by atoms with Gasteiger partial charge in [0.05, 0.1) is 24.3 Å². The van der Waals surface area contributed by atoms with Crippen molar-refractivity contribution in [3.05, 3.63) is 29.3 Å². The fourth-order valence-electron chi connectivity index (χ4n) is 3.29. The Morgan fingerprint density at radius 3 is 2.32 bits per heavy atom. The third-order valence-corrected chi connectivity index (χ3v) is 5.10. The SMILES string of the molecule is CC(C)[C@H](N)C(=O)O.Nc1cccc2c1C(=O)N(C1CCC(=O)N(CCO)C1=O)C2=O. The van der Waals surface area contributed by atoms with E-state index >= 15 is 0 Å². The van der Waals surface area contributed by atoms with Gasteiger partial charge in [-0.1, -0.05) is 19.9 Å². The fourth-order valence-corrected chi connectivity index (χ4v) is 3.29. The van der Waals surface area contributed by atoms with Crippen LogP contribution in [-0.4, -0.2) is 74.8 Å². The Labute approximate surface area is 178 Å². The second kappa shape index (κ2) is 9.67. The molecule has 0 aromatic heterocycles. The van der Waals surface area contributed by atoms with Crippen molar-refractivity contribution >= 4 is 35.3 Å². The summed E-state index contributed by atoms with van der Waals surface area (Å²) in [5.74, 6) is -3.19. The predicted octanol–water partition coefficient (Wildman–Crippen LogP) is -0.571. The van der Waals surface area contributed by atoms with E-state index in [0.717, 1.165) is 9.80 Å². The van der Waals surface area contributed by atoms with Gasteiger partial charge >= 0.3 is 5.97 Å². The summed E-state index contributed by atoms with van der Waals surface area (Å²) in [6.07, 6.45) is 0.101. The van der Waals surface area contributed by atoms with Crippen LogP contribution in [0.3, 0.4) is 0 Å². The van der Waals surface area contributed by atoms with E-state index in [1.165, 1.54) is 12.1 Å². The molecule has 3 rings (SSSR count). The minimum atomic E-state index is -1.05. The number of aliphatic carboxylic acids is 1. The van der Waals surface area contributed by atoms with Crippen LogP contribution in [-0.2, 0) is 14.4 Å². The topological polar surface area (TPSA) is 184 Å². The molecule has 4 amide bonds. The van der Waals surface area contributed by atoms with Gasteiger partial charge in [0.15, 0.2) is 0 Å². The number of piperidine rings is 1. The zero-order valence-corrected chi connectivity index (χ0v) is 17.3. The van der Waals surface area contributed by atoms with E-state index in [0.29, 0.717) is 0 Å². The number of benzene rings is 1. The number of anilines is 1. The molecule has 2 atom stereocenters. The summed E-state index contributed by atoms with van der Waals surface area (Å²) in [6, 6.07) is 2.79. The lowest BCUT2D eigenvalue weighted by atomic mass is 10.0. The molecule has 0 aliphatic carbocycles. The second-order valence-corrected chi connectivity index (χ2v) is 7.52. The van der Waals surface area contributed by atoms with Crippen LogP contribution in [0.25, 0.3) is 0 Å². The number of aliphatic hydroxyl groups is 1. The highest BCUT2D eigenvalue weighted by atomic mass is 16.4. The molecular weight excluding hydrogens is 408 g/mol. The van der Waals surface area contributed by atoms with Crippen LogP contribution in [0.2, 0.25) is 0 Å². The summed E-state index contributed by atoms with van der Waals surface area (Å²) in [5, 5.41) is 17.2. The van der Waals surface area contributed by atoms with Gasteiger partial charge in [0.2, 0.25) is 5.91 Å². The predicted molar refractivity (Wildman–Crippen MR) is 109 cm³/mol. The van der Waals surface area contributed by atoms with Crippen LogP contribution >= 0.6 is 0 Å². The standard InChI is InChI=1S/C15H15N3O5.C5H11NO2/c16-9-3-1-2-8-12(9)15(23)18(13(8)21)10-4-5-11(20)17(6-7-19)14(10)22;1-3(2)4(6)5(7)8/h1-3,10,19H,4-7,16H2;3-4H,6H2,1-2H3,(H,7,8)/t;4-/m.0/s1. The van der Waals surface area contributed by atoms with E-state index in [1.807, 2.05) is 0 Å². The van der Waals surface area contributed by atoms with E-state index in [9.17, 15) is 24.0 Å². The van der Waals surface area contributed by atoms with Crippen LogP contribution in [0.15, 0.2) is 18.2 Å². The highest BCUT2D eigenvalue weighted by Crippen LogP contribution is 2.31. The van der Waals surface area contributed by atoms with Crippen molar-refractivity contribution in [3.63, 3.8) is 0 Å². The van der Waals surface area contributed by atoms with Gasteiger partial charge in [-0.2, -0.15) is 0 Å². The van der Waals surface area contributed by atoms with Gasteiger partial charge in [-0.15, -0.1) is 0 Å². The third kappa shape index (κ3) is 4.72. The lowest BCUT2D eigenvalue weighted by molar-refractivity contribution is -0.152. The number of amides is 4. The van der Waals surface area contributed by atoms with E-state index in [-0.39, 0.29) is 48.7 Å². The maximum atomic E-state index is 12.5. The Morgan fingerprint density at radius 1 is 1.19 bits per heavy atom. The number of carbonyl (C=O) groups excluding carboxylic acids is 4. The number of nitrogen functional groups attached to an aromatic ring is 1. The highest BCUT2D eigenvalue weighted by molar-refractivity contribution is 6.25. The number of rotatable bonds is 5. The Bertz CT molecular complexity index is 915. The number of nitrogens with zero attached hydrogens (tertiary/aromatic N) is 2. The number of carboxylic acids is 1. The minimum absolute atomic E-state index is 0.0208. The van der Waals surface area contributed by atoms with Crippen molar-refractivity contribution in [2.24, 2.45) is 11.7 Å². The van der Waals surface area contributed by atoms with Crippen molar-refractivity contribution < 1.29 is 34.2 Å². The summed E-state index contributed by atoms with van der Waals surface area (Å²) in [5.41, 5.74) is 11.4. The van der Waals surface area contributed by atoms with Crippen molar-refractivity contribution in [2.75, 3.05) is 18.9 Å². The molecule has 1 unspecified atom stereocenters. The number of hydrogen-bond acceptors (Lipinski definition) is 8. The van der Waals surface area contributed by atoms with Gasteiger partial charge in [-0.3, -0.25) is 33.8 Å². The van der Waals surface area contributed by atoms with E-state index in [1.54, 1.807) is 19.9 Å². The number of fused-ring (bicyclic) bond motifs is 1. The van der Waals surface area contributed by atoms with Gasteiger partial charge in [-0.25, -0.2) is 0 Å². The van der Waals surface area contributed by atoms with Crippen molar-refractivity contribution in [1.82, 2.24) is 9.80 Å². The first-order chi connectivity index (χ1) is 14.5. The molecule has 1 fully saturated rings. The molecule has 1 aromatic rings. The smallest absolute Gasteiger partial charge is 0.320 e. The summed E-state index contributed by atoms with van der Waals surface area (Å²) in [4.78, 5) is 61.0. The first-order valence-electron chi connectivity index (χ1n) is 9.72.